The van der Waals surface area contributed by atoms with Gasteiger partial charge in [0.1, 0.15) is 5.75 Å². The molecule has 0 bridgehead atoms. The van der Waals surface area contributed by atoms with Gasteiger partial charge in [-0.3, -0.25) is 4.79 Å². The van der Waals surface area contributed by atoms with Crippen molar-refractivity contribution in [2.45, 2.75) is 29.4 Å². The van der Waals surface area contributed by atoms with Gasteiger partial charge in [0.05, 0.1) is 17.3 Å². The summed E-state index contributed by atoms with van der Waals surface area (Å²) in [6.07, 6.45) is 0.324. The Morgan fingerprint density at radius 3 is 2.83 bits per heavy atom. The molecular formula is C12H14O5S. The van der Waals surface area contributed by atoms with E-state index in [2.05, 4.69) is 0 Å². The number of benzene rings is 1. The van der Waals surface area contributed by atoms with Crippen LogP contribution in [0.3, 0.4) is 0 Å². The van der Waals surface area contributed by atoms with Gasteiger partial charge in [0.15, 0.2) is 9.84 Å². The van der Waals surface area contributed by atoms with Gasteiger partial charge in [0.2, 0.25) is 0 Å². The fraction of sp³-hybridized carbons (Fsp3) is 0.417. The average molecular weight is 270 g/mol. The van der Waals surface area contributed by atoms with E-state index in [1.807, 2.05) is 0 Å². The summed E-state index contributed by atoms with van der Waals surface area (Å²) in [5, 5.41) is 7.99. The van der Waals surface area contributed by atoms with Crippen molar-refractivity contribution in [2.24, 2.45) is 0 Å². The monoisotopic (exact) mass is 270 g/mol. The quantitative estimate of drug-likeness (QED) is 0.890. The molecule has 1 aromatic rings. The molecule has 1 heterocycles. The average Bonchev–Trinajstić information content (AvgIpc) is 2.58. The molecule has 5 nitrogen and oxygen atoms in total. The molecule has 1 aliphatic heterocycles. The van der Waals surface area contributed by atoms with Crippen LogP contribution >= 0.6 is 0 Å². The van der Waals surface area contributed by atoms with Gasteiger partial charge >= 0.3 is 5.97 Å². The first-order chi connectivity index (χ1) is 8.46. The Morgan fingerprint density at radius 2 is 2.22 bits per heavy atom. The third-order valence-electron chi connectivity index (χ3n) is 3.17. The maximum Gasteiger partial charge on any atom is 0.303 e. The highest BCUT2D eigenvalue weighted by molar-refractivity contribution is 7.92. The first-order valence-corrected chi connectivity index (χ1v) is 7.13. The predicted octanol–water partition coefficient (Wildman–Crippen LogP) is 1.26. The summed E-state index contributed by atoms with van der Waals surface area (Å²) >= 11 is 0. The topological polar surface area (TPSA) is 80.7 Å². The second-order valence-corrected chi connectivity index (χ2v) is 6.44. The Hall–Kier alpha value is -1.56. The van der Waals surface area contributed by atoms with Crippen molar-refractivity contribution < 1.29 is 23.1 Å². The van der Waals surface area contributed by atoms with Gasteiger partial charge in [-0.2, -0.15) is 0 Å². The van der Waals surface area contributed by atoms with Crippen molar-refractivity contribution in [2.75, 3.05) is 7.11 Å². The zero-order chi connectivity index (χ0) is 13.3. The summed E-state index contributed by atoms with van der Waals surface area (Å²) in [4.78, 5) is 10.8. The lowest BCUT2D eigenvalue weighted by atomic mass is 10.1. The number of carboxylic acid groups (broad SMARTS) is 1. The third kappa shape index (κ3) is 2.08. The molecule has 0 radical (unpaired) electrons. The lowest BCUT2D eigenvalue weighted by molar-refractivity contribution is -0.137. The Morgan fingerprint density at radius 1 is 1.50 bits per heavy atom. The van der Waals surface area contributed by atoms with Crippen LogP contribution in [0.2, 0.25) is 0 Å². The predicted molar refractivity (Wildman–Crippen MR) is 64.5 cm³/mol. The van der Waals surface area contributed by atoms with Crippen molar-refractivity contribution in [1.82, 2.24) is 0 Å². The molecule has 1 atom stereocenters. The van der Waals surface area contributed by atoms with Crippen LogP contribution < -0.4 is 4.74 Å². The lowest BCUT2D eigenvalue weighted by Gasteiger charge is -2.06. The Bertz CT molecular complexity index is 576. The number of aliphatic carboxylic acids is 1. The summed E-state index contributed by atoms with van der Waals surface area (Å²) in [6, 6.07) is 4.90. The second-order valence-electron chi connectivity index (χ2n) is 4.24. The van der Waals surface area contributed by atoms with Gasteiger partial charge in [-0.15, -0.1) is 0 Å². The maximum atomic E-state index is 12.2. The minimum Gasteiger partial charge on any atom is -0.496 e. The van der Waals surface area contributed by atoms with E-state index < -0.39 is 21.1 Å². The maximum absolute atomic E-state index is 12.2. The van der Waals surface area contributed by atoms with E-state index in [1.54, 1.807) is 18.2 Å². The third-order valence-corrected chi connectivity index (χ3v) is 5.44. The molecule has 0 amide bonds. The van der Waals surface area contributed by atoms with E-state index in [-0.39, 0.29) is 17.7 Å². The van der Waals surface area contributed by atoms with Crippen molar-refractivity contribution in [3.05, 3.63) is 23.8 Å². The van der Waals surface area contributed by atoms with E-state index in [9.17, 15) is 13.2 Å². The van der Waals surface area contributed by atoms with E-state index in [4.69, 9.17) is 9.84 Å². The number of carboxylic acids is 1. The van der Waals surface area contributed by atoms with Gasteiger partial charge in [-0.25, -0.2) is 8.42 Å². The zero-order valence-corrected chi connectivity index (χ0v) is 10.7. The zero-order valence-electron chi connectivity index (χ0n) is 9.92. The number of carbonyl (C=O) groups is 1. The Balaban J connectivity index is 2.35. The van der Waals surface area contributed by atoms with E-state index in [0.717, 1.165) is 0 Å². The molecule has 0 aromatic heterocycles. The van der Waals surface area contributed by atoms with Crippen LogP contribution in [0.4, 0.5) is 0 Å². The molecule has 2 rings (SSSR count). The lowest BCUT2D eigenvalue weighted by Crippen LogP contribution is -2.18. The normalized spacial score (nSPS) is 20.4. The molecule has 0 fully saturated rings. The van der Waals surface area contributed by atoms with Crippen molar-refractivity contribution >= 4 is 15.8 Å². The number of hydrogen-bond donors (Lipinski definition) is 1. The van der Waals surface area contributed by atoms with Gasteiger partial charge in [0, 0.05) is 12.0 Å². The van der Waals surface area contributed by atoms with Crippen LogP contribution in [0.5, 0.6) is 5.75 Å². The molecule has 98 valence electrons. The fourth-order valence-corrected chi connectivity index (χ4v) is 4.23. The number of hydrogen-bond acceptors (Lipinski definition) is 4. The first-order valence-electron chi connectivity index (χ1n) is 5.58. The number of fused-ring (bicyclic) bond motifs is 1. The smallest absolute Gasteiger partial charge is 0.303 e. The van der Waals surface area contributed by atoms with E-state index in [0.29, 0.717) is 17.7 Å². The summed E-state index contributed by atoms with van der Waals surface area (Å²) in [6.45, 7) is 0. The highest BCUT2D eigenvalue weighted by atomic mass is 32.2. The molecule has 6 heteroatoms. The van der Waals surface area contributed by atoms with Crippen LogP contribution in [0, 0.1) is 0 Å². The largest absolute Gasteiger partial charge is 0.496 e. The molecule has 18 heavy (non-hydrogen) atoms. The van der Waals surface area contributed by atoms with E-state index >= 15 is 0 Å². The molecule has 1 aromatic carbocycles. The minimum atomic E-state index is -3.42. The highest BCUT2D eigenvalue weighted by Gasteiger charge is 2.38. The Labute approximate surface area is 105 Å². The molecule has 1 unspecified atom stereocenters. The number of methoxy groups -OCH3 is 1. The molecule has 0 aliphatic carbocycles. The van der Waals surface area contributed by atoms with Crippen molar-refractivity contribution in [3.63, 3.8) is 0 Å². The van der Waals surface area contributed by atoms with Gasteiger partial charge in [-0.1, -0.05) is 6.07 Å². The molecule has 1 N–H and O–H groups in total. The van der Waals surface area contributed by atoms with Crippen molar-refractivity contribution in [3.8, 4) is 5.75 Å². The summed E-state index contributed by atoms with van der Waals surface area (Å²) in [5.41, 5.74) is 0.662. The Kier molecular flexibility index (Phi) is 3.30. The van der Waals surface area contributed by atoms with E-state index in [1.165, 1.54) is 7.11 Å². The number of rotatable bonds is 4. The van der Waals surface area contributed by atoms with Gasteiger partial charge in [0.25, 0.3) is 0 Å². The molecule has 0 saturated carbocycles. The number of ether oxygens (including phenoxy) is 1. The van der Waals surface area contributed by atoms with Crippen LogP contribution in [0.25, 0.3) is 0 Å². The summed E-state index contributed by atoms with van der Waals surface area (Å²) in [7, 11) is -1.93. The SMILES string of the molecule is COc1cccc2c1CC(CCC(=O)O)S2(=O)=O. The minimum absolute atomic E-state index is 0.134. The van der Waals surface area contributed by atoms with Gasteiger partial charge in [-0.05, 0) is 25.0 Å². The summed E-state index contributed by atoms with van der Waals surface area (Å²) in [5.74, 6) is -0.429. The van der Waals surface area contributed by atoms with Gasteiger partial charge < -0.3 is 9.84 Å². The fourth-order valence-electron chi connectivity index (χ4n) is 2.26. The van der Waals surface area contributed by atoms with Crippen molar-refractivity contribution in [1.29, 1.82) is 0 Å². The summed E-state index contributed by atoms with van der Waals surface area (Å²) < 4.78 is 29.6. The molecule has 0 spiro atoms. The molecule has 1 aliphatic rings. The second kappa shape index (κ2) is 4.61. The standard InChI is InChI=1S/C12H14O5S/c1-17-10-3-2-4-11-9(10)7-8(18(11,15)16)5-6-12(13)14/h2-4,8H,5-7H2,1H3,(H,13,14). The van der Waals surface area contributed by atoms with Crippen LogP contribution in [0.1, 0.15) is 18.4 Å². The first kappa shape index (κ1) is 12.9. The molecule has 0 saturated heterocycles. The highest BCUT2D eigenvalue weighted by Crippen LogP contribution is 2.38. The molecular weight excluding hydrogens is 256 g/mol. The number of sulfone groups is 1. The van der Waals surface area contributed by atoms with Crippen LogP contribution in [0.15, 0.2) is 23.1 Å². The van der Waals surface area contributed by atoms with Crippen LogP contribution in [-0.4, -0.2) is 31.9 Å². The van der Waals surface area contributed by atoms with Crippen LogP contribution in [-0.2, 0) is 21.1 Å².